The Labute approximate surface area is 112 Å². The van der Waals surface area contributed by atoms with E-state index in [0.717, 1.165) is 12.1 Å². The van der Waals surface area contributed by atoms with Crippen molar-refractivity contribution in [2.75, 3.05) is 11.4 Å². The maximum Gasteiger partial charge on any atom is 0.342 e. The molecule has 19 heavy (non-hydrogen) atoms. The van der Waals surface area contributed by atoms with Gasteiger partial charge in [0.15, 0.2) is 0 Å². The molecule has 8 heteroatoms. The number of carboxylic acids is 1. The van der Waals surface area contributed by atoms with Gasteiger partial charge in [-0.25, -0.2) is 4.79 Å². The average Bonchev–Trinajstić information content (AvgIpc) is 2.67. The van der Waals surface area contributed by atoms with Crippen molar-refractivity contribution in [2.24, 2.45) is 0 Å². The minimum Gasteiger partial charge on any atom is -0.477 e. The van der Waals surface area contributed by atoms with E-state index in [4.69, 9.17) is 16.7 Å². The van der Waals surface area contributed by atoms with Gasteiger partial charge in [0, 0.05) is 24.7 Å². The Morgan fingerprint density at radius 1 is 1.53 bits per heavy atom. The van der Waals surface area contributed by atoms with Crippen molar-refractivity contribution in [3.05, 3.63) is 33.9 Å². The summed E-state index contributed by atoms with van der Waals surface area (Å²) in [5.74, 6) is -1.65. The Morgan fingerprint density at radius 2 is 2.21 bits per heavy atom. The predicted molar refractivity (Wildman–Crippen MR) is 66.7 cm³/mol. The molecule has 2 rings (SSSR count). The first-order chi connectivity index (χ1) is 8.90. The first-order valence-corrected chi connectivity index (χ1v) is 5.80. The van der Waals surface area contributed by atoms with Gasteiger partial charge in [-0.05, 0) is 12.1 Å². The van der Waals surface area contributed by atoms with E-state index in [-0.39, 0.29) is 24.2 Å². The van der Waals surface area contributed by atoms with Crippen molar-refractivity contribution in [1.29, 1.82) is 0 Å². The number of anilines is 1. The number of hydrogen-bond donors (Lipinski definition) is 1. The Hall–Kier alpha value is -2.15. The van der Waals surface area contributed by atoms with E-state index in [2.05, 4.69) is 0 Å². The number of hydrogen-bond acceptors (Lipinski definition) is 4. The van der Waals surface area contributed by atoms with Gasteiger partial charge in [0.2, 0.25) is 5.91 Å². The van der Waals surface area contributed by atoms with Gasteiger partial charge in [-0.2, -0.15) is 0 Å². The van der Waals surface area contributed by atoms with Crippen LogP contribution in [0.1, 0.15) is 16.8 Å². The Morgan fingerprint density at radius 3 is 2.68 bits per heavy atom. The molecular weight excluding hydrogens is 276 g/mol. The van der Waals surface area contributed by atoms with E-state index in [9.17, 15) is 19.7 Å². The highest BCUT2D eigenvalue weighted by Gasteiger charge is 2.31. The number of benzene rings is 1. The third-order valence-electron chi connectivity index (χ3n) is 2.80. The molecule has 1 unspecified atom stereocenters. The maximum absolute atomic E-state index is 11.6. The third kappa shape index (κ3) is 2.50. The van der Waals surface area contributed by atoms with E-state index in [0.29, 0.717) is 5.69 Å². The second kappa shape index (κ2) is 4.85. The zero-order chi connectivity index (χ0) is 14.2. The molecule has 1 atom stereocenters. The number of carbonyl (C=O) groups excluding carboxylic acids is 1. The van der Waals surface area contributed by atoms with Crippen molar-refractivity contribution >= 4 is 34.9 Å². The van der Waals surface area contributed by atoms with Crippen LogP contribution in [0.4, 0.5) is 11.4 Å². The van der Waals surface area contributed by atoms with Crippen LogP contribution in [0.5, 0.6) is 0 Å². The molecule has 0 spiro atoms. The molecule has 1 amide bonds. The van der Waals surface area contributed by atoms with Crippen molar-refractivity contribution in [2.45, 2.75) is 11.8 Å². The minimum atomic E-state index is -1.41. The highest BCUT2D eigenvalue weighted by atomic mass is 35.5. The largest absolute Gasteiger partial charge is 0.477 e. The van der Waals surface area contributed by atoms with Gasteiger partial charge in [0.25, 0.3) is 5.69 Å². The zero-order valence-electron chi connectivity index (χ0n) is 9.58. The maximum atomic E-state index is 11.6. The summed E-state index contributed by atoms with van der Waals surface area (Å²) in [7, 11) is 0. The smallest absolute Gasteiger partial charge is 0.342 e. The Balaban J connectivity index is 2.44. The number of alkyl halides is 1. The van der Waals surface area contributed by atoms with Crippen molar-refractivity contribution in [1.82, 2.24) is 0 Å². The number of nitro groups is 1. The van der Waals surface area contributed by atoms with E-state index in [1.807, 2.05) is 0 Å². The number of nitro benzene ring substituents is 1. The van der Waals surface area contributed by atoms with E-state index < -0.39 is 22.1 Å². The SMILES string of the molecule is O=C(O)c1cc(N2CC(Cl)CC2=O)ccc1[N+](=O)[O-]. The summed E-state index contributed by atoms with van der Waals surface area (Å²) in [5, 5.41) is 19.3. The van der Waals surface area contributed by atoms with Crippen LogP contribution in [0.25, 0.3) is 0 Å². The first-order valence-electron chi connectivity index (χ1n) is 5.36. The molecule has 0 saturated carbocycles. The lowest BCUT2D eigenvalue weighted by molar-refractivity contribution is -0.385. The number of amides is 1. The summed E-state index contributed by atoms with van der Waals surface area (Å²) in [6.07, 6.45) is 0.168. The topological polar surface area (TPSA) is 101 Å². The Bertz CT molecular complexity index is 574. The number of halogens is 1. The summed E-state index contributed by atoms with van der Waals surface area (Å²) in [5.41, 5.74) is -0.658. The minimum absolute atomic E-state index is 0.168. The third-order valence-corrected chi connectivity index (χ3v) is 3.09. The van der Waals surface area contributed by atoms with E-state index in [1.165, 1.54) is 11.0 Å². The van der Waals surface area contributed by atoms with Gasteiger partial charge in [-0.3, -0.25) is 14.9 Å². The predicted octanol–water partition coefficient (Wildman–Crippen LogP) is 1.64. The van der Waals surface area contributed by atoms with Crippen molar-refractivity contribution in [3.8, 4) is 0 Å². The highest BCUT2D eigenvalue weighted by molar-refractivity contribution is 6.24. The fourth-order valence-electron chi connectivity index (χ4n) is 1.94. The van der Waals surface area contributed by atoms with Gasteiger partial charge in [-0.1, -0.05) is 0 Å². The van der Waals surface area contributed by atoms with Crippen molar-refractivity contribution in [3.63, 3.8) is 0 Å². The molecule has 1 aromatic carbocycles. The molecule has 1 fully saturated rings. The molecule has 1 N–H and O–H groups in total. The molecule has 0 aromatic heterocycles. The lowest BCUT2D eigenvalue weighted by Gasteiger charge is -2.16. The van der Waals surface area contributed by atoms with Crippen LogP contribution in [-0.2, 0) is 4.79 Å². The normalized spacial score (nSPS) is 18.7. The molecule has 100 valence electrons. The lowest BCUT2D eigenvalue weighted by atomic mass is 10.1. The van der Waals surface area contributed by atoms with Crippen molar-refractivity contribution < 1.29 is 19.6 Å². The van der Waals surface area contributed by atoms with Crippen LogP contribution in [0.15, 0.2) is 18.2 Å². The van der Waals surface area contributed by atoms with E-state index >= 15 is 0 Å². The fourth-order valence-corrected chi connectivity index (χ4v) is 2.21. The highest BCUT2D eigenvalue weighted by Crippen LogP contribution is 2.29. The monoisotopic (exact) mass is 284 g/mol. The van der Waals surface area contributed by atoms with Crippen LogP contribution in [-0.4, -0.2) is 33.8 Å². The van der Waals surface area contributed by atoms with Crippen LogP contribution in [0.2, 0.25) is 0 Å². The number of aromatic carboxylic acids is 1. The van der Waals surface area contributed by atoms with Gasteiger partial charge >= 0.3 is 5.97 Å². The molecule has 0 bridgehead atoms. The number of carbonyl (C=O) groups is 2. The summed E-state index contributed by atoms with van der Waals surface area (Å²) in [6, 6.07) is 3.54. The fraction of sp³-hybridized carbons (Fsp3) is 0.273. The summed E-state index contributed by atoms with van der Waals surface area (Å²) in [6.45, 7) is 0.261. The summed E-state index contributed by atoms with van der Waals surface area (Å²) in [4.78, 5) is 33.9. The first kappa shape index (κ1) is 13.3. The lowest BCUT2D eigenvalue weighted by Crippen LogP contribution is -2.24. The van der Waals surface area contributed by atoms with Crippen LogP contribution >= 0.6 is 11.6 Å². The number of nitrogens with zero attached hydrogens (tertiary/aromatic N) is 2. The van der Waals surface area contributed by atoms with Crippen LogP contribution in [0, 0.1) is 10.1 Å². The van der Waals surface area contributed by atoms with Gasteiger partial charge < -0.3 is 10.0 Å². The number of carboxylic acid groups (broad SMARTS) is 1. The van der Waals surface area contributed by atoms with E-state index in [1.54, 1.807) is 0 Å². The van der Waals surface area contributed by atoms with Crippen LogP contribution in [0.3, 0.4) is 0 Å². The average molecular weight is 285 g/mol. The molecule has 1 aromatic rings. The summed E-state index contributed by atoms with van der Waals surface area (Å²) < 4.78 is 0. The molecule has 7 nitrogen and oxygen atoms in total. The van der Waals surface area contributed by atoms with Crippen LogP contribution < -0.4 is 4.90 Å². The zero-order valence-corrected chi connectivity index (χ0v) is 10.3. The van der Waals surface area contributed by atoms with Gasteiger partial charge in [0.1, 0.15) is 5.56 Å². The molecule has 0 aliphatic carbocycles. The molecule has 1 heterocycles. The molecule has 0 radical (unpaired) electrons. The van der Waals surface area contributed by atoms with Gasteiger partial charge in [-0.15, -0.1) is 11.6 Å². The second-order valence-corrected chi connectivity index (χ2v) is 4.69. The molecule has 1 aliphatic heterocycles. The summed E-state index contributed by atoms with van der Waals surface area (Å²) >= 11 is 5.85. The molecule has 1 saturated heterocycles. The standard InChI is InChI=1S/C11H9ClN2O5/c12-6-3-10(15)13(5-6)7-1-2-9(14(18)19)8(4-7)11(16)17/h1-2,4,6H,3,5H2,(H,16,17). The quantitative estimate of drug-likeness (QED) is 0.516. The molecular formula is C11H9ClN2O5. The number of rotatable bonds is 3. The Kier molecular flexibility index (Phi) is 3.39. The second-order valence-electron chi connectivity index (χ2n) is 4.07. The molecule has 1 aliphatic rings. The van der Waals surface area contributed by atoms with Gasteiger partial charge in [0.05, 0.1) is 10.3 Å².